The van der Waals surface area contributed by atoms with Crippen LogP contribution in [-0.4, -0.2) is 52.1 Å². The largest absolute Gasteiger partial charge is 0.481 e. The zero-order valence-electron chi connectivity index (χ0n) is 18.3. The van der Waals surface area contributed by atoms with Crippen LogP contribution in [0.15, 0.2) is 42.7 Å². The number of carboxylic acids is 1. The molecule has 0 saturated heterocycles. The average molecular weight is 489 g/mol. The number of pyridine rings is 1. The maximum atomic E-state index is 14.6. The fourth-order valence-electron chi connectivity index (χ4n) is 3.29. The van der Waals surface area contributed by atoms with E-state index in [0.29, 0.717) is 22.7 Å². The summed E-state index contributed by atoms with van der Waals surface area (Å²) in [6, 6.07) is 7.57. The number of halogens is 2. The molecule has 178 valence electrons. The maximum Gasteiger partial charge on any atom is 0.304 e. The molecule has 0 radical (unpaired) electrons. The van der Waals surface area contributed by atoms with E-state index in [1.54, 1.807) is 42.2 Å². The van der Waals surface area contributed by atoms with Gasteiger partial charge in [-0.15, -0.1) is 22.6 Å². The summed E-state index contributed by atoms with van der Waals surface area (Å²) in [6.45, 7) is 1.95. The second-order valence-corrected chi connectivity index (χ2v) is 7.46. The molecular weight excluding hydrogens is 467 g/mol. The molecule has 0 aliphatic carbocycles. The van der Waals surface area contributed by atoms with Crippen LogP contribution in [0.3, 0.4) is 0 Å². The normalized spacial score (nSPS) is 11.6. The number of carboxylic acid groups (broad SMARTS) is 1. The number of carbonyl (C=O) groups is 1. The summed E-state index contributed by atoms with van der Waals surface area (Å²) >= 11 is 0. The van der Waals surface area contributed by atoms with E-state index in [1.165, 1.54) is 17.1 Å². The topological polar surface area (TPSA) is 147 Å². The number of aryl methyl sites for hydroxylation is 2. The molecule has 0 aliphatic heterocycles. The van der Waals surface area contributed by atoms with Gasteiger partial charge < -0.3 is 15.6 Å². The van der Waals surface area contributed by atoms with Crippen molar-refractivity contribution in [1.82, 2.24) is 35.0 Å². The van der Waals surface area contributed by atoms with Crippen molar-refractivity contribution in [1.29, 1.82) is 0 Å². The van der Waals surface area contributed by atoms with Gasteiger partial charge in [-0.25, -0.2) is 9.37 Å². The second-order valence-electron chi connectivity index (χ2n) is 7.46. The molecule has 1 aromatic carbocycles. The highest BCUT2D eigenvalue weighted by Crippen LogP contribution is 2.29. The van der Waals surface area contributed by atoms with Crippen molar-refractivity contribution in [2.24, 2.45) is 12.8 Å². The third-order valence-electron chi connectivity index (χ3n) is 4.86. The monoisotopic (exact) mass is 488 g/mol. The highest BCUT2D eigenvalue weighted by atomic mass is 35.5. The van der Waals surface area contributed by atoms with Gasteiger partial charge in [0, 0.05) is 36.6 Å². The minimum absolute atomic E-state index is 0. The zero-order chi connectivity index (χ0) is 23.5. The summed E-state index contributed by atoms with van der Waals surface area (Å²) in [5.41, 5.74) is 8.55. The van der Waals surface area contributed by atoms with Gasteiger partial charge in [0.2, 0.25) is 5.82 Å². The minimum Gasteiger partial charge on any atom is -0.481 e. The van der Waals surface area contributed by atoms with E-state index in [4.69, 9.17) is 15.6 Å². The Labute approximate surface area is 199 Å². The molecule has 0 amide bonds. The van der Waals surface area contributed by atoms with Gasteiger partial charge in [0.25, 0.3) is 5.88 Å². The number of tetrazole rings is 1. The summed E-state index contributed by atoms with van der Waals surface area (Å²) in [4.78, 5) is 16.1. The lowest BCUT2D eigenvalue weighted by Crippen LogP contribution is -2.30. The van der Waals surface area contributed by atoms with Gasteiger partial charge in [-0.2, -0.15) is 9.90 Å². The van der Waals surface area contributed by atoms with E-state index in [1.807, 2.05) is 6.92 Å². The van der Waals surface area contributed by atoms with Gasteiger partial charge in [0.1, 0.15) is 5.75 Å². The third kappa shape index (κ3) is 5.53. The molecule has 1 atom stereocenters. The molecule has 0 fully saturated rings. The van der Waals surface area contributed by atoms with Crippen LogP contribution in [0.2, 0.25) is 0 Å². The molecule has 11 nitrogen and oxygen atoms in total. The lowest BCUT2D eigenvalue weighted by Gasteiger charge is -2.09. The number of nitrogens with two attached hydrogens (primary N) is 1. The molecule has 3 aromatic heterocycles. The van der Waals surface area contributed by atoms with E-state index in [2.05, 4.69) is 25.5 Å². The van der Waals surface area contributed by atoms with Crippen LogP contribution in [-0.2, 0) is 18.4 Å². The number of ether oxygens (including phenoxy) is 1. The Balaban J connectivity index is 0.00000324. The maximum absolute atomic E-state index is 14.6. The van der Waals surface area contributed by atoms with Gasteiger partial charge in [-0.3, -0.25) is 9.48 Å². The first kappa shape index (κ1) is 24.7. The van der Waals surface area contributed by atoms with Crippen molar-refractivity contribution >= 4 is 18.4 Å². The van der Waals surface area contributed by atoms with E-state index >= 15 is 0 Å². The van der Waals surface area contributed by atoms with E-state index in [0.717, 1.165) is 11.3 Å². The van der Waals surface area contributed by atoms with Crippen LogP contribution in [0.25, 0.3) is 22.6 Å². The number of nitrogens with zero attached hydrogens (tertiary/aromatic N) is 7. The van der Waals surface area contributed by atoms with Crippen molar-refractivity contribution in [3.05, 3.63) is 54.1 Å². The quantitative estimate of drug-likeness (QED) is 0.382. The molecule has 3 N–H and O–H groups in total. The lowest BCUT2D eigenvalue weighted by molar-refractivity contribution is -0.137. The fourth-order valence-corrected chi connectivity index (χ4v) is 3.29. The lowest BCUT2D eigenvalue weighted by atomic mass is 10.1. The standard InChI is InChI=1S/C21H21FN8O3.ClH/c1-12-7-15(33-21-17(22)8-13(10-24-21)18-5-6-25-29(18)2)3-4-16(12)20-26-28-30(27-20)11-14(23)9-19(31)32;/h3-8,10,14H,9,11,23H2,1-2H3,(H,31,32);1H/t14-;/m0./s1. The summed E-state index contributed by atoms with van der Waals surface area (Å²) in [7, 11) is 1.76. The van der Waals surface area contributed by atoms with Crippen molar-refractivity contribution in [3.8, 4) is 34.3 Å². The number of benzene rings is 1. The highest BCUT2D eigenvalue weighted by molar-refractivity contribution is 5.85. The van der Waals surface area contributed by atoms with Crippen molar-refractivity contribution in [3.63, 3.8) is 0 Å². The molecule has 0 saturated carbocycles. The van der Waals surface area contributed by atoms with Gasteiger partial charge in [-0.1, -0.05) is 0 Å². The number of aliphatic carboxylic acids is 1. The SMILES string of the molecule is Cc1cc(Oc2ncc(-c3ccnn3C)cc2F)ccc1-c1nnn(C[C@@H](N)CC(=O)O)n1.Cl. The van der Waals surface area contributed by atoms with Crippen LogP contribution in [0, 0.1) is 12.7 Å². The molecule has 0 aliphatic rings. The summed E-state index contributed by atoms with van der Waals surface area (Å²) in [6.07, 6.45) is 2.95. The Hall–Kier alpha value is -3.90. The first-order valence-corrected chi connectivity index (χ1v) is 9.98. The van der Waals surface area contributed by atoms with Crippen LogP contribution in [0.1, 0.15) is 12.0 Å². The molecule has 13 heteroatoms. The van der Waals surface area contributed by atoms with E-state index in [9.17, 15) is 9.18 Å². The Kier molecular flexibility index (Phi) is 7.54. The zero-order valence-corrected chi connectivity index (χ0v) is 19.1. The number of hydrogen-bond acceptors (Lipinski definition) is 8. The van der Waals surface area contributed by atoms with Gasteiger partial charge in [0.05, 0.1) is 18.7 Å². The Morgan fingerprint density at radius 2 is 2.09 bits per heavy atom. The van der Waals surface area contributed by atoms with Crippen LogP contribution in [0.4, 0.5) is 4.39 Å². The number of rotatable bonds is 8. The summed E-state index contributed by atoms with van der Waals surface area (Å²) in [5.74, 6) is -0.993. The molecule has 4 aromatic rings. The first-order chi connectivity index (χ1) is 15.8. The Bertz CT molecular complexity index is 1310. The van der Waals surface area contributed by atoms with Gasteiger partial charge in [-0.05, 0) is 48.0 Å². The third-order valence-corrected chi connectivity index (χ3v) is 4.86. The number of hydrogen-bond donors (Lipinski definition) is 2. The molecular formula is C21H22ClFN8O3. The molecule has 34 heavy (non-hydrogen) atoms. The predicted octanol–water partition coefficient (Wildman–Crippen LogP) is 2.60. The molecule has 4 rings (SSSR count). The molecule has 3 heterocycles. The highest BCUT2D eigenvalue weighted by Gasteiger charge is 2.15. The smallest absolute Gasteiger partial charge is 0.304 e. The van der Waals surface area contributed by atoms with Gasteiger partial charge >= 0.3 is 5.97 Å². The van der Waals surface area contributed by atoms with Crippen LogP contribution >= 0.6 is 12.4 Å². The van der Waals surface area contributed by atoms with Crippen molar-refractivity contribution < 1.29 is 19.0 Å². The fraction of sp³-hybridized carbons (Fsp3) is 0.238. The van der Waals surface area contributed by atoms with Gasteiger partial charge in [0.15, 0.2) is 5.82 Å². The minimum atomic E-state index is -0.994. The Morgan fingerprint density at radius 1 is 1.29 bits per heavy atom. The van der Waals surface area contributed by atoms with Crippen molar-refractivity contribution in [2.45, 2.75) is 25.9 Å². The van der Waals surface area contributed by atoms with Crippen LogP contribution < -0.4 is 10.5 Å². The molecule has 0 unspecified atom stereocenters. The van der Waals surface area contributed by atoms with E-state index < -0.39 is 17.8 Å². The van der Waals surface area contributed by atoms with Crippen LogP contribution in [0.5, 0.6) is 11.6 Å². The summed E-state index contributed by atoms with van der Waals surface area (Å²) in [5, 5.41) is 25.1. The number of aromatic nitrogens is 7. The predicted molar refractivity (Wildman–Crippen MR) is 122 cm³/mol. The first-order valence-electron chi connectivity index (χ1n) is 9.98. The molecule has 0 bridgehead atoms. The summed E-state index contributed by atoms with van der Waals surface area (Å²) < 4.78 is 21.9. The Morgan fingerprint density at radius 3 is 2.74 bits per heavy atom. The second kappa shape index (κ2) is 10.4. The average Bonchev–Trinajstić information content (AvgIpc) is 3.38. The van der Waals surface area contributed by atoms with E-state index in [-0.39, 0.29) is 31.3 Å². The molecule has 0 spiro atoms. The van der Waals surface area contributed by atoms with Crippen molar-refractivity contribution in [2.75, 3.05) is 0 Å².